The lowest BCUT2D eigenvalue weighted by Gasteiger charge is -2.23. The highest BCUT2D eigenvalue weighted by Gasteiger charge is 2.16. The van der Waals surface area contributed by atoms with Gasteiger partial charge in [-0.3, -0.25) is 0 Å². The second kappa shape index (κ2) is 7.74. The van der Waals surface area contributed by atoms with Crippen LogP contribution >= 0.6 is 38.5 Å². The highest BCUT2D eigenvalue weighted by atomic mass is 127. The van der Waals surface area contributed by atoms with E-state index in [1.54, 1.807) is 0 Å². The maximum Gasteiger partial charge on any atom is 0.0334 e. The van der Waals surface area contributed by atoms with Gasteiger partial charge in [-0.1, -0.05) is 43.1 Å². The molecule has 1 aromatic carbocycles. The van der Waals surface area contributed by atoms with Crippen LogP contribution in [0.15, 0.2) is 22.7 Å². The number of hydrogen-bond donors (Lipinski definition) is 1. The molecule has 0 bridgehead atoms. The monoisotopic (exact) mass is 409 g/mol. The van der Waals surface area contributed by atoms with Crippen LogP contribution in [0, 0.1) is 9.49 Å². The van der Waals surface area contributed by atoms with Crippen LogP contribution in [0.5, 0.6) is 0 Å². The van der Waals surface area contributed by atoms with Crippen molar-refractivity contribution < 1.29 is 0 Å². The van der Waals surface area contributed by atoms with Gasteiger partial charge in [0.05, 0.1) is 0 Å². The summed E-state index contributed by atoms with van der Waals surface area (Å²) in [6.45, 7) is 7.77. The zero-order valence-electron chi connectivity index (χ0n) is 10.8. The van der Waals surface area contributed by atoms with E-state index in [0.717, 1.165) is 12.5 Å². The Hall–Kier alpha value is 0.390. The minimum atomic E-state index is 0.457. The van der Waals surface area contributed by atoms with E-state index in [0.29, 0.717) is 6.04 Å². The molecule has 96 valence electrons. The summed E-state index contributed by atoms with van der Waals surface area (Å²) in [7, 11) is 0. The molecule has 3 heteroatoms. The highest BCUT2D eigenvalue weighted by Crippen LogP contribution is 2.30. The van der Waals surface area contributed by atoms with Gasteiger partial charge in [-0.15, -0.1) is 0 Å². The van der Waals surface area contributed by atoms with E-state index in [4.69, 9.17) is 0 Å². The molecular weight excluding hydrogens is 389 g/mol. The van der Waals surface area contributed by atoms with Crippen LogP contribution < -0.4 is 5.32 Å². The molecule has 17 heavy (non-hydrogen) atoms. The lowest BCUT2D eigenvalue weighted by Crippen LogP contribution is -2.23. The molecular formula is C14H21BrIN. The molecule has 0 amide bonds. The zero-order valence-corrected chi connectivity index (χ0v) is 14.5. The summed E-state index contributed by atoms with van der Waals surface area (Å²) in [6.07, 6.45) is 2.44. The van der Waals surface area contributed by atoms with Gasteiger partial charge < -0.3 is 5.32 Å². The van der Waals surface area contributed by atoms with Crippen molar-refractivity contribution in [1.29, 1.82) is 0 Å². The van der Waals surface area contributed by atoms with Crippen molar-refractivity contribution in [3.05, 3.63) is 31.8 Å². The second-order valence-electron chi connectivity index (χ2n) is 4.53. The molecule has 0 aliphatic rings. The van der Waals surface area contributed by atoms with Crippen molar-refractivity contribution in [2.75, 3.05) is 6.54 Å². The molecule has 0 radical (unpaired) electrons. The molecule has 1 aromatic rings. The molecule has 0 fully saturated rings. The van der Waals surface area contributed by atoms with E-state index in [1.165, 1.54) is 26.4 Å². The molecule has 0 aliphatic heterocycles. The van der Waals surface area contributed by atoms with Crippen molar-refractivity contribution in [2.24, 2.45) is 5.92 Å². The average molecular weight is 410 g/mol. The van der Waals surface area contributed by atoms with Crippen LogP contribution in [0.3, 0.4) is 0 Å². The Morgan fingerprint density at radius 3 is 2.65 bits per heavy atom. The fourth-order valence-electron chi connectivity index (χ4n) is 1.92. The molecule has 0 aromatic heterocycles. The summed E-state index contributed by atoms with van der Waals surface area (Å²) in [5.74, 6) is 0.754. The Labute approximate surface area is 127 Å². The van der Waals surface area contributed by atoms with Crippen LogP contribution in [0.4, 0.5) is 0 Å². The highest BCUT2D eigenvalue weighted by molar-refractivity contribution is 14.1. The SMILES string of the molecule is CCNC(CC(C)CC)c1cc(I)ccc1Br. The Morgan fingerprint density at radius 2 is 2.06 bits per heavy atom. The maximum absolute atomic E-state index is 3.67. The zero-order chi connectivity index (χ0) is 12.8. The fraction of sp³-hybridized carbons (Fsp3) is 0.571. The first kappa shape index (κ1) is 15.4. The summed E-state index contributed by atoms with van der Waals surface area (Å²) in [4.78, 5) is 0. The number of halogens is 2. The smallest absolute Gasteiger partial charge is 0.0334 e. The van der Waals surface area contributed by atoms with Crippen molar-refractivity contribution in [3.63, 3.8) is 0 Å². The molecule has 1 rings (SSSR count). The third-order valence-corrected chi connectivity index (χ3v) is 4.51. The molecule has 2 atom stereocenters. The largest absolute Gasteiger partial charge is 0.310 e. The van der Waals surface area contributed by atoms with Crippen molar-refractivity contribution >= 4 is 38.5 Å². The van der Waals surface area contributed by atoms with Crippen molar-refractivity contribution in [1.82, 2.24) is 5.32 Å². The molecule has 0 saturated carbocycles. The number of rotatable bonds is 6. The van der Waals surface area contributed by atoms with E-state index in [-0.39, 0.29) is 0 Å². The number of hydrogen-bond acceptors (Lipinski definition) is 1. The maximum atomic E-state index is 3.67. The van der Waals surface area contributed by atoms with Gasteiger partial charge in [0.2, 0.25) is 0 Å². The summed E-state index contributed by atoms with van der Waals surface area (Å²) in [6, 6.07) is 7.03. The first-order valence-corrected chi connectivity index (χ1v) is 8.13. The molecule has 0 heterocycles. The molecule has 0 aliphatic carbocycles. The third kappa shape index (κ3) is 4.87. The normalized spacial score (nSPS) is 14.6. The van der Waals surface area contributed by atoms with Gasteiger partial charge in [-0.05, 0) is 65.2 Å². The third-order valence-electron chi connectivity index (χ3n) is 3.12. The lowest BCUT2D eigenvalue weighted by molar-refractivity contribution is 0.407. The van der Waals surface area contributed by atoms with Gasteiger partial charge in [0, 0.05) is 14.1 Å². The first-order valence-electron chi connectivity index (χ1n) is 6.26. The summed E-state index contributed by atoms with van der Waals surface area (Å²) in [5.41, 5.74) is 1.39. The Bertz CT molecular complexity index is 354. The van der Waals surface area contributed by atoms with E-state index in [2.05, 4.69) is 82.8 Å². The topological polar surface area (TPSA) is 12.0 Å². The fourth-order valence-corrected chi connectivity index (χ4v) is 2.96. The van der Waals surface area contributed by atoms with E-state index in [1.807, 2.05) is 0 Å². The van der Waals surface area contributed by atoms with Crippen molar-refractivity contribution in [2.45, 2.75) is 39.7 Å². The second-order valence-corrected chi connectivity index (χ2v) is 6.63. The number of nitrogens with one attached hydrogen (secondary N) is 1. The van der Waals surface area contributed by atoms with Gasteiger partial charge in [0.15, 0.2) is 0 Å². The first-order chi connectivity index (χ1) is 8.08. The summed E-state index contributed by atoms with van der Waals surface area (Å²) in [5, 5.41) is 3.60. The van der Waals surface area contributed by atoms with Gasteiger partial charge in [-0.2, -0.15) is 0 Å². The minimum absolute atomic E-state index is 0.457. The number of benzene rings is 1. The van der Waals surface area contributed by atoms with Gasteiger partial charge >= 0.3 is 0 Å². The Balaban J connectivity index is 2.91. The van der Waals surface area contributed by atoms with Crippen molar-refractivity contribution in [3.8, 4) is 0 Å². The Kier molecular flexibility index (Phi) is 7.04. The predicted octanol–water partition coefficient (Wildman–Crippen LogP) is 5.14. The summed E-state index contributed by atoms with van der Waals surface area (Å²) < 4.78 is 2.51. The summed E-state index contributed by atoms with van der Waals surface area (Å²) >= 11 is 6.05. The van der Waals surface area contributed by atoms with Gasteiger partial charge in [0.25, 0.3) is 0 Å². The average Bonchev–Trinajstić information content (AvgIpc) is 2.31. The van der Waals surface area contributed by atoms with Gasteiger partial charge in [-0.25, -0.2) is 0 Å². The minimum Gasteiger partial charge on any atom is -0.310 e. The van der Waals surface area contributed by atoms with E-state index >= 15 is 0 Å². The van der Waals surface area contributed by atoms with Crippen LogP contribution in [0.2, 0.25) is 0 Å². The van der Waals surface area contributed by atoms with E-state index < -0.39 is 0 Å². The standard InChI is InChI=1S/C14H21BrIN/c1-4-10(3)8-14(17-5-2)12-9-11(16)6-7-13(12)15/h6-7,9-10,14,17H,4-5,8H2,1-3H3. The van der Waals surface area contributed by atoms with Crippen LogP contribution in [-0.2, 0) is 0 Å². The quantitative estimate of drug-likeness (QED) is 0.641. The lowest BCUT2D eigenvalue weighted by atomic mass is 9.94. The van der Waals surface area contributed by atoms with E-state index in [9.17, 15) is 0 Å². The Morgan fingerprint density at radius 1 is 1.35 bits per heavy atom. The molecule has 2 unspecified atom stereocenters. The molecule has 0 spiro atoms. The molecule has 1 nitrogen and oxygen atoms in total. The predicted molar refractivity (Wildman–Crippen MR) is 87.3 cm³/mol. The van der Waals surface area contributed by atoms with Crippen LogP contribution in [0.1, 0.15) is 45.2 Å². The van der Waals surface area contributed by atoms with Crippen LogP contribution in [-0.4, -0.2) is 6.54 Å². The molecule has 0 saturated heterocycles. The van der Waals surface area contributed by atoms with Crippen LogP contribution in [0.25, 0.3) is 0 Å². The van der Waals surface area contributed by atoms with Gasteiger partial charge in [0.1, 0.15) is 0 Å². The molecule has 1 N–H and O–H groups in total.